The van der Waals surface area contributed by atoms with Gasteiger partial charge in [0.1, 0.15) is 79.3 Å². The summed E-state index contributed by atoms with van der Waals surface area (Å²) in [7, 11) is 0. The van der Waals surface area contributed by atoms with Crippen LogP contribution in [0, 0.1) is 16.2 Å². The normalized spacial score (nSPS) is 35.9. The molecule has 0 saturated carbocycles. The first-order chi connectivity index (χ1) is 43.2. The molecule has 0 aromatic rings. The Balaban J connectivity index is 0.000000464. The molecule has 97 heavy (non-hydrogen) atoms. The number of aliphatic hydroxyl groups is 7. The topological polar surface area (TPSA) is 379 Å². The van der Waals surface area contributed by atoms with E-state index < -0.39 is 157 Å². The number of fused-ring (bicyclic) bond motifs is 2. The van der Waals surface area contributed by atoms with Crippen molar-refractivity contribution in [1.29, 1.82) is 0 Å². The largest absolute Gasteiger partial charge is 0.457 e. The zero-order chi connectivity index (χ0) is 74.2. The monoisotopic (exact) mass is 1410 g/mol. The lowest BCUT2D eigenvalue weighted by Crippen LogP contribution is -2.79. The van der Waals surface area contributed by atoms with Crippen LogP contribution in [0.4, 0.5) is 0 Å². The molecule has 0 amide bonds. The number of carbonyl (C=O) groups excluding carboxylic acids is 1. The standard InChI is InChI=1S/C28H53NO9.C14H29NO5.2C14H26O5.H2O/c1-25(2,3)22-16(35-23(32)18(34-22)15-33-26(4,5)6)13-29-19-20(31)21(37-27(7,8)9)17(14-30)36-24(19)38-28(10,11)12;1-13(2,3)19-11-8(7-16)18-12(9(15)10(11)17)20-14(4,5)6;1-13(2,3)10-9-11(15)19-12(18-9)8(17-10)7-16-14(4,5)6;1-13(2,3)11-9(7-15)19-12(16)10(18-11)8-17-14(4,5)6;/h13,16-24,30-32H,14-15H2,1-12H3;8-12,16-17H,7,15H2,1-6H3;8-12,15H,7H2,1-6H3;7,9-12,16H,8H2,1-6H3;1H2/p+2. The average Bonchev–Trinajstić information content (AvgIpc) is 1.76. The third-order valence-corrected chi connectivity index (χ3v) is 15.1. The zero-order valence-electron chi connectivity index (χ0n) is 64.8. The first kappa shape index (κ1) is 91.4. The summed E-state index contributed by atoms with van der Waals surface area (Å²) in [6.45, 7) is 58.5. The fourth-order valence-electron chi connectivity index (χ4n) is 10.7. The summed E-state index contributed by atoms with van der Waals surface area (Å²) in [5, 5.41) is 71.8. The van der Waals surface area contributed by atoms with Gasteiger partial charge in [-0.2, -0.15) is 0 Å². The van der Waals surface area contributed by atoms with Crippen LogP contribution in [0.5, 0.6) is 0 Å². The Morgan fingerprint density at radius 3 is 1.11 bits per heavy atom. The Hall–Kier alpha value is -1.66. The fourth-order valence-corrected chi connectivity index (χ4v) is 10.7. The summed E-state index contributed by atoms with van der Waals surface area (Å²) >= 11 is 0. The minimum Gasteiger partial charge on any atom is -0.457 e. The first-order valence-corrected chi connectivity index (χ1v) is 34.1. The maximum Gasteiger partial charge on any atom is 0.214 e. The van der Waals surface area contributed by atoms with Crippen LogP contribution < -0.4 is 5.73 Å². The van der Waals surface area contributed by atoms with Gasteiger partial charge in [-0.25, -0.2) is 0 Å². The second-order valence-corrected chi connectivity index (χ2v) is 36.0. The van der Waals surface area contributed by atoms with Crippen molar-refractivity contribution in [2.45, 2.75) is 388 Å². The molecule has 6 rings (SSSR count). The second kappa shape index (κ2) is 35.9. The summed E-state index contributed by atoms with van der Waals surface area (Å²) in [6.07, 6.45) is -12.6. The molecule has 0 radical (unpaired) electrons. The van der Waals surface area contributed by atoms with E-state index in [1.807, 2.05) is 187 Å². The van der Waals surface area contributed by atoms with Crippen molar-refractivity contribution in [2.75, 3.05) is 33.0 Å². The van der Waals surface area contributed by atoms with Gasteiger partial charge in [-0.1, -0.05) is 62.3 Å². The SMILES string of the molecule is CC(C)(C)OC1OC(CO)C(OC(C)(C)C)C(O)C1[NH3+].CC(C)(C)OCC1OC(C(C)(C)C)C(C=NC2C(OC(C)(C)C)OC(CO)C(OC(C)(C)C)C2O)OC1O.CC(C)(C)OCC1OC(C(C)(C)C)C(C=O)OC1O.CC(C)(C)OCC1OC(C(C)(C)C)C2OC1OC2O.[OH3+]. The lowest BCUT2D eigenvalue weighted by atomic mass is 9.85. The summed E-state index contributed by atoms with van der Waals surface area (Å²) in [6, 6.07) is -1.36. The second-order valence-electron chi connectivity index (χ2n) is 36.0. The van der Waals surface area contributed by atoms with Crippen molar-refractivity contribution >= 4 is 12.5 Å². The Labute approximate surface area is 580 Å². The Morgan fingerprint density at radius 2 is 0.742 bits per heavy atom. The Morgan fingerprint density at radius 1 is 0.392 bits per heavy atom. The van der Waals surface area contributed by atoms with Crippen molar-refractivity contribution in [2.24, 2.45) is 21.2 Å². The number of aldehydes is 1. The van der Waals surface area contributed by atoms with Gasteiger partial charge in [0.2, 0.25) is 6.29 Å². The molecule has 6 aliphatic rings. The minimum atomic E-state index is -1.22. The minimum absolute atomic E-state index is 0. The van der Waals surface area contributed by atoms with Gasteiger partial charge in [0.25, 0.3) is 0 Å². The quantitative estimate of drug-likeness (QED) is 0.0621. The highest BCUT2D eigenvalue weighted by Gasteiger charge is 2.55. The lowest BCUT2D eigenvalue weighted by Gasteiger charge is -2.46. The van der Waals surface area contributed by atoms with Gasteiger partial charge in [-0.3, -0.25) is 4.99 Å². The molecule has 6 fully saturated rings. The molecule has 13 N–H and O–H groups in total. The predicted octanol–water partition coefficient (Wildman–Crippen LogP) is 4.78. The smallest absolute Gasteiger partial charge is 0.214 e. The highest BCUT2D eigenvalue weighted by Crippen LogP contribution is 2.41. The molecule has 6 heterocycles. The molecule has 23 atom stereocenters. The molecule has 2 bridgehead atoms. The van der Waals surface area contributed by atoms with Crippen LogP contribution >= 0.6 is 0 Å². The number of nitrogens with zero attached hydrogens (tertiary/aromatic N) is 1. The maximum absolute atomic E-state index is 11.4. The van der Waals surface area contributed by atoms with Gasteiger partial charge in [0, 0.05) is 6.21 Å². The van der Waals surface area contributed by atoms with E-state index in [9.17, 15) is 40.5 Å². The molecule has 23 unspecified atom stereocenters. The molecule has 576 valence electrons. The number of ether oxygens (including phenoxy) is 16. The number of rotatable bonds is 15. The molecular weight excluding hydrogens is 1270 g/mol. The van der Waals surface area contributed by atoms with Crippen molar-refractivity contribution in [3.63, 3.8) is 0 Å². The summed E-state index contributed by atoms with van der Waals surface area (Å²) < 4.78 is 93.5. The van der Waals surface area contributed by atoms with Crippen LogP contribution in [-0.2, 0) is 86.1 Å². The van der Waals surface area contributed by atoms with E-state index >= 15 is 0 Å². The maximum atomic E-state index is 11.4. The Bertz CT molecular complexity index is 2300. The number of hydrogen-bond donors (Lipinski definition) is 8. The van der Waals surface area contributed by atoms with Crippen molar-refractivity contribution in [3.05, 3.63) is 0 Å². The number of aliphatic hydroxyl groups excluding tert-OH is 7. The number of quaternary nitrogens is 1. The number of carbonyl (C=O) groups is 1. The van der Waals surface area contributed by atoms with Crippen LogP contribution in [0.25, 0.3) is 0 Å². The predicted molar refractivity (Wildman–Crippen MR) is 363 cm³/mol. The molecule has 6 saturated heterocycles. The van der Waals surface area contributed by atoms with E-state index in [1.165, 1.54) is 0 Å². The third kappa shape index (κ3) is 30.9. The number of hydrogen-bond acceptors (Lipinski definition) is 25. The van der Waals surface area contributed by atoms with E-state index in [-0.39, 0.29) is 71.6 Å². The van der Waals surface area contributed by atoms with E-state index in [0.29, 0.717) is 12.9 Å². The van der Waals surface area contributed by atoms with Gasteiger partial charge in [-0.15, -0.1) is 0 Å². The molecule has 27 nitrogen and oxygen atoms in total. The van der Waals surface area contributed by atoms with Gasteiger partial charge in [0.15, 0.2) is 43.8 Å². The Kier molecular flexibility index (Phi) is 33.8. The van der Waals surface area contributed by atoms with Crippen molar-refractivity contribution in [1.82, 2.24) is 0 Å². The van der Waals surface area contributed by atoms with Gasteiger partial charge < -0.3 is 128 Å². The summed E-state index contributed by atoms with van der Waals surface area (Å²) in [5.74, 6) is 0. The summed E-state index contributed by atoms with van der Waals surface area (Å²) in [4.78, 5) is 15.7. The molecule has 27 heteroatoms. The van der Waals surface area contributed by atoms with Gasteiger partial charge in [-0.05, 0) is 162 Å². The van der Waals surface area contributed by atoms with Crippen molar-refractivity contribution in [3.8, 4) is 0 Å². The highest BCUT2D eigenvalue weighted by atomic mass is 16.8. The first-order valence-electron chi connectivity index (χ1n) is 34.1. The summed E-state index contributed by atoms with van der Waals surface area (Å²) in [5.41, 5.74) is 0.159. The molecular formula is C70H138N2O25+2. The molecule has 0 spiro atoms. The highest BCUT2D eigenvalue weighted by molar-refractivity contribution is 5.65. The molecule has 6 aliphatic heterocycles. The van der Waals surface area contributed by atoms with Crippen LogP contribution in [0.15, 0.2) is 4.99 Å². The van der Waals surface area contributed by atoms with E-state index in [0.717, 1.165) is 0 Å². The van der Waals surface area contributed by atoms with Crippen LogP contribution in [0.1, 0.15) is 208 Å². The molecule has 0 aromatic heterocycles. The molecule has 0 aromatic carbocycles. The van der Waals surface area contributed by atoms with Crippen molar-refractivity contribution < 1.29 is 128 Å². The van der Waals surface area contributed by atoms with Gasteiger partial charge in [0.05, 0.1) is 90.6 Å². The van der Waals surface area contributed by atoms with Gasteiger partial charge >= 0.3 is 0 Å². The lowest BCUT2D eigenvalue weighted by molar-refractivity contribution is -0.508. The van der Waals surface area contributed by atoms with Crippen LogP contribution in [0.2, 0.25) is 0 Å². The van der Waals surface area contributed by atoms with E-state index in [4.69, 9.17) is 75.8 Å². The molecule has 0 aliphatic carbocycles. The van der Waals surface area contributed by atoms with E-state index in [1.54, 1.807) is 6.21 Å². The van der Waals surface area contributed by atoms with E-state index in [2.05, 4.69) is 31.5 Å². The zero-order valence-corrected chi connectivity index (χ0v) is 64.8. The number of aliphatic imine (C=N–C) groups is 1. The average molecular weight is 1410 g/mol. The van der Waals surface area contributed by atoms with Crippen LogP contribution in [0.3, 0.4) is 0 Å². The third-order valence-electron chi connectivity index (χ3n) is 15.1. The van der Waals surface area contributed by atoms with Crippen LogP contribution in [-0.4, -0.2) is 262 Å². The fraction of sp³-hybridized carbons (Fsp3) is 0.971.